The van der Waals surface area contributed by atoms with Gasteiger partial charge in [-0.1, -0.05) is 17.7 Å². The highest BCUT2D eigenvalue weighted by Gasteiger charge is 2.25. The van der Waals surface area contributed by atoms with E-state index in [0.29, 0.717) is 12.6 Å². The Morgan fingerprint density at radius 3 is 2.47 bits per heavy atom. The Kier molecular flexibility index (Phi) is 4.61. The molecule has 1 fully saturated rings. The number of hydrogen-bond acceptors (Lipinski definition) is 3. The minimum Gasteiger partial charge on any atom is -0.374 e. The summed E-state index contributed by atoms with van der Waals surface area (Å²) in [6.07, 6.45) is 0.183. The summed E-state index contributed by atoms with van der Waals surface area (Å²) in [5.41, 5.74) is 11.3. The van der Waals surface area contributed by atoms with Crippen LogP contribution < -0.4 is 5.73 Å². The maximum absolute atomic E-state index is 5.73. The lowest BCUT2D eigenvalue weighted by Crippen LogP contribution is -2.50. The summed E-state index contributed by atoms with van der Waals surface area (Å²) in [7, 11) is 0. The molecule has 106 valence electrons. The van der Waals surface area contributed by atoms with Gasteiger partial charge in [0.15, 0.2) is 0 Å². The normalized spacial score (nSPS) is 24.7. The fourth-order valence-electron chi connectivity index (χ4n) is 2.90. The summed E-state index contributed by atoms with van der Waals surface area (Å²) in [5.74, 6) is 0. The minimum atomic E-state index is 0.183. The van der Waals surface area contributed by atoms with E-state index in [4.69, 9.17) is 10.5 Å². The van der Waals surface area contributed by atoms with E-state index >= 15 is 0 Å². The molecule has 0 saturated carbocycles. The highest BCUT2D eigenvalue weighted by atomic mass is 16.5. The summed E-state index contributed by atoms with van der Waals surface area (Å²) < 4.78 is 5.72. The van der Waals surface area contributed by atoms with Gasteiger partial charge in [-0.3, -0.25) is 4.90 Å². The molecule has 2 N–H and O–H groups in total. The highest BCUT2D eigenvalue weighted by molar-refractivity contribution is 5.37. The van der Waals surface area contributed by atoms with E-state index < -0.39 is 0 Å². The average Bonchev–Trinajstić information content (AvgIpc) is 2.35. The second-order valence-electron chi connectivity index (χ2n) is 5.85. The van der Waals surface area contributed by atoms with Crippen molar-refractivity contribution in [2.75, 3.05) is 19.7 Å². The van der Waals surface area contributed by atoms with Crippen LogP contribution in [0.1, 0.15) is 29.2 Å². The fraction of sp³-hybridized carbons (Fsp3) is 0.625. The molecule has 2 unspecified atom stereocenters. The van der Waals surface area contributed by atoms with Gasteiger partial charge in [0.05, 0.1) is 12.7 Å². The smallest absolute Gasteiger partial charge is 0.0824 e. The van der Waals surface area contributed by atoms with Gasteiger partial charge < -0.3 is 10.5 Å². The van der Waals surface area contributed by atoms with Gasteiger partial charge in [-0.05, 0) is 44.4 Å². The molecule has 0 aliphatic carbocycles. The van der Waals surface area contributed by atoms with Crippen LogP contribution in [0.2, 0.25) is 0 Å². The third-order valence-electron chi connectivity index (χ3n) is 4.10. The summed E-state index contributed by atoms with van der Waals surface area (Å²) >= 11 is 0. The van der Waals surface area contributed by atoms with Crippen molar-refractivity contribution in [2.24, 2.45) is 5.73 Å². The fourth-order valence-corrected chi connectivity index (χ4v) is 2.90. The van der Waals surface area contributed by atoms with Gasteiger partial charge >= 0.3 is 0 Å². The zero-order chi connectivity index (χ0) is 14.0. The molecule has 0 bridgehead atoms. The lowest BCUT2D eigenvalue weighted by molar-refractivity contribution is -0.0568. The van der Waals surface area contributed by atoms with E-state index in [1.807, 2.05) is 0 Å². The van der Waals surface area contributed by atoms with Crippen LogP contribution in [0.3, 0.4) is 0 Å². The van der Waals surface area contributed by atoms with Gasteiger partial charge in [0, 0.05) is 25.7 Å². The van der Waals surface area contributed by atoms with Gasteiger partial charge in [0.1, 0.15) is 0 Å². The van der Waals surface area contributed by atoms with Crippen LogP contribution in [0.5, 0.6) is 0 Å². The molecule has 1 saturated heterocycles. The van der Waals surface area contributed by atoms with Crippen molar-refractivity contribution in [3.05, 3.63) is 34.4 Å². The largest absolute Gasteiger partial charge is 0.374 e. The maximum Gasteiger partial charge on any atom is 0.0824 e. The lowest BCUT2D eigenvalue weighted by atomic mass is 9.98. The Bertz CT molecular complexity index is 421. The third kappa shape index (κ3) is 3.35. The number of rotatable bonds is 3. The van der Waals surface area contributed by atoms with Crippen LogP contribution in [0, 0.1) is 20.8 Å². The molecule has 0 radical (unpaired) electrons. The number of nitrogens with zero attached hydrogens (tertiary/aromatic N) is 1. The van der Waals surface area contributed by atoms with Crippen molar-refractivity contribution < 1.29 is 4.74 Å². The average molecular weight is 262 g/mol. The standard InChI is InChI=1S/C16H26N2O/c1-11-5-12(2)16(13(3)6-11)9-18-8-15(7-17)19-10-14(18)4/h5-6,14-15H,7-10,17H2,1-4H3. The second-order valence-corrected chi connectivity index (χ2v) is 5.85. The number of morpholine rings is 1. The van der Waals surface area contributed by atoms with Crippen molar-refractivity contribution in [2.45, 2.75) is 46.4 Å². The molecule has 3 nitrogen and oxygen atoms in total. The monoisotopic (exact) mass is 262 g/mol. The van der Waals surface area contributed by atoms with Crippen LogP contribution in [-0.4, -0.2) is 36.7 Å². The predicted molar refractivity (Wildman–Crippen MR) is 79.3 cm³/mol. The van der Waals surface area contributed by atoms with Crippen LogP contribution in [0.25, 0.3) is 0 Å². The van der Waals surface area contributed by atoms with Gasteiger partial charge in [0.2, 0.25) is 0 Å². The predicted octanol–water partition coefficient (Wildman–Crippen LogP) is 2.16. The van der Waals surface area contributed by atoms with Crippen LogP contribution >= 0.6 is 0 Å². The quantitative estimate of drug-likeness (QED) is 0.907. The molecule has 1 aliphatic rings. The van der Waals surface area contributed by atoms with Gasteiger partial charge in [-0.2, -0.15) is 0 Å². The van der Waals surface area contributed by atoms with Crippen LogP contribution in [-0.2, 0) is 11.3 Å². The topological polar surface area (TPSA) is 38.5 Å². The summed E-state index contributed by atoms with van der Waals surface area (Å²) in [6.45, 7) is 12.1. The lowest BCUT2D eigenvalue weighted by Gasteiger charge is -2.38. The molecule has 3 heteroatoms. The number of nitrogens with two attached hydrogens (primary N) is 1. The summed E-state index contributed by atoms with van der Waals surface area (Å²) in [5, 5.41) is 0. The Hall–Kier alpha value is -0.900. The number of hydrogen-bond donors (Lipinski definition) is 1. The molecule has 1 aromatic carbocycles. The Morgan fingerprint density at radius 1 is 1.26 bits per heavy atom. The molecular formula is C16H26N2O. The van der Waals surface area contributed by atoms with Crippen molar-refractivity contribution >= 4 is 0 Å². The Balaban J connectivity index is 2.15. The Labute approximate surface area is 116 Å². The molecular weight excluding hydrogens is 236 g/mol. The molecule has 1 heterocycles. The number of aryl methyl sites for hydroxylation is 3. The van der Waals surface area contributed by atoms with E-state index in [-0.39, 0.29) is 6.10 Å². The van der Waals surface area contributed by atoms with E-state index in [2.05, 4.69) is 44.7 Å². The number of benzene rings is 1. The summed E-state index contributed by atoms with van der Waals surface area (Å²) in [4.78, 5) is 2.49. The number of ether oxygens (including phenoxy) is 1. The Morgan fingerprint density at radius 2 is 1.89 bits per heavy atom. The van der Waals surface area contributed by atoms with Gasteiger partial charge in [0.25, 0.3) is 0 Å². The van der Waals surface area contributed by atoms with Crippen LogP contribution in [0.4, 0.5) is 0 Å². The second kappa shape index (κ2) is 6.04. The molecule has 2 atom stereocenters. The highest BCUT2D eigenvalue weighted by Crippen LogP contribution is 2.21. The molecule has 1 aromatic rings. The molecule has 0 aromatic heterocycles. The molecule has 0 spiro atoms. The van der Waals surface area contributed by atoms with Crippen LogP contribution in [0.15, 0.2) is 12.1 Å². The zero-order valence-corrected chi connectivity index (χ0v) is 12.6. The first-order valence-corrected chi connectivity index (χ1v) is 7.13. The summed E-state index contributed by atoms with van der Waals surface area (Å²) in [6, 6.07) is 5.00. The zero-order valence-electron chi connectivity index (χ0n) is 12.6. The first-order chi connectivity index (χ1) is 9.01. The maximum atomic E-state index is 5.73. The minimum absolute atomic E-state index is 0.183. The first kappa shape index (κ1) is 14.5. The van der Waals surface area contributed by atoms with Gasteiger partial charge in [-0.25, -0.2) is 0 Å². The molecule has 19 heavy (non-hydrogen) atoms. The molecule has 1 aliphatic heterocycles. The molecule has 2 rings (SSSR count). The van der Waals surface area contributed by atoms with Crippen molar-refractivity contribution in [3.63, 3.8) is 0 Å². The van der Waals surface area contributed by atoms with E-state index in [1.54, 1.807) is 0 Å². The third-order valence-corrected chi connectivity index (χ3v) is 4.10. The van der Waals surface area contributed by atoms with Crippen molar-refractivity contribution in [3.8, 4) is 0 Å². The van der Waals surface area contributed by atoms with Crippen molar-refractivity contribution in [1.29, 1.82) is 0 Å². The van der Waals surface area contributed by atoms with E-state index in [9.17, 15) is 0 Å². The van der Waals surface area contributed by atoms with Crippen molar-refractivity contribution in [1.82, 2.24) is 4.90 Å². The van der Waals surface area contributed by atoms with Gasteiger partial charge in [-0.15, -0.1) is 0 Å². The molecule has 0 amide bonds. The first-order valence-electron chi connectivity index (χ1n) is 7.13. The SMILES string of the molecule is Cc1cc(C)c(CN2CC(CN)OCC2C)c(C)c1. The van der Waals surface area contributed by atoms with E-state index in [1.165, 1.54) is 22.3 Å². The van der Waals surface area contributed by atoms with E-state index in [0.717, 1.165) is 19.7 Å².